The van der Waals surface area contributed by atoms with Gasteiger partial charge in [-0.1, -0.05) is 19.1 Å². The quantitative estimate of drug-likeness (QED) is 0.810. The highest BCUT2D eigenvalue weighted by atomic mass is 32.2. The molecule has 0 bridgehead atoms. The Balaban J connectivity index is 2.45. The van der Waals surface area contributed by atoms with E-state index in [0.717, 1.165) is 31.6 Å². The van der Waals surface area contributed by atoms with Crippen LogP contribution in [0.25, 0.3) is 0 Å². The molecule has 0 aromatic heterocycles. The Bertz CT molecular complexity index is 462. The van der Waals surface area contributed by atoms with Crippen molar-refractivity contribution < 1.29 is 8.42 Å². The number of hydrogen-bond acceptors (Lipinski definition) is 3. The molecule has 3 nitrogen and oxygen atoms in total. The highest BCUT2D eigenvalue weighted by Gasteiger charge is 2.21. The lowest BCUT2D eigenvalue weighted by atomic mass is 10.3. The van der Waals surface area contributed by atoms with Crippen molar-refractivity contribution in [2.45, 2.75) is 24.7 Å². The fraction of sp³-hybridized carbons (Fsp3) is 0.500. The van der Waals surface area contributed by atoms with Crippen LogP contribution in [-0.4, -0.2) is 27.3 Å². The minimum atomic E-state index is -3.11. The molecular weight excluding hydrogens is 222 g/mol. The third-order valence-corrected chi connectivity index (χ3v) is 4.80. The summed E-state index contributed by atoms with van der Waals surface area (Å²) in [7, 11) is -3.11. The molecule has 4 heteroatoms. The van der Waals surface area contributed by atoms with Crippen LogP contribution in [0.2, 0.25) is 0 Å². The number of sulfone groups is 1. The van der Waals surface area contributed by atoms with Gasteiger partial charge in [-0.3, -0.25) is 0 Å². The standard InChI is InChI=1S/C12H17NO2S/c1-2-16(14,15)12-8-4-3-7-11(12)13-9-5-6-10-13/h3-4,7-8H,2,5-6,9-10H2,1H3. The fourth-order valence-corrected chi connectivity index (χ4v) is 3.21. The van der Waals surface area contributed by atoms with E-state index in [1.165, 1.54) is 0 Å². The number of para-hydroxylation sites is 1. The van der Waals surface area contributed by atoms with Crippen LogP contribution in [-0.2, 0) is 9.84 Å². The van der Waals surface area contributed by atoms with Gasteiger partial charge in [-0.15, -0.1) is 0 Å². The summed E-state index contributed by atoms with van der Waals surface area (Å²) in [5.74, 6) is 0.165. The Hall–Kier alpha value is -1.03. The maximum atomic E-state index is 12.0. The molecule has 1 aromatic rings. The van der Waals surface area contributed by atoms with E-state index in [9.17, 15) is 8.42 Å². The van der Waals surface area contributed by atoms with E-state index in [1.807, 2.05) is 12.1 Å². The van der Waals surface area contributed by atoms with Gasteiger partial charge in [0.2, 0.25) is 0 Å². The zero-order valence-electron chi connectivity index (χ0n) is 9.52. The molecule has 0 N–H and O–H groups in total. The molecule has 1 aliphatic rings. The van der Waals surface area contributed by atoms with Crippen molar-refractivity contribution >= 4 is 15.5 Å². The highest BCUT2D eigenvalue weighted by Crippen LogP contribution is 2.28. The molecule has 0 amide bonds. The molecule has 0 atom stereocenters. The molecule has 88 valence electrons. The smallest absolute Gasteiger partial charge is 0.180 e. The van der Waals surface area contributed by atoms with E-state index in [-0.39, 0.29) is 5.75 Å². The molecule has 1 heterocycles. The van der Waals surface area contributed by atoms with E-state index >= 15 is 0 Å². The first-order valence-corrected chi connectivity index (χ1v) is 7.37. The van der Waals surface area contributed by atoms with E-state index in [2.05, 4.69) is 4.90 Å². The molecule has 1 fully saturated rings. The van der Waals surface area contributed by atoms with Crippen LogP contribution in [0.1, 0.15) is 19.8 Å². The zero-order chi connectivity index (χ0) is 11.6. The second-order valence-electron chi connectivity index (χ2n) is 4.07. The Morgan fingerprint density at radius 2 is 1.81 bits per heavy atom. The van der Waals surface area contributed by atoms with Gasteiger partial charge in [-0.05, 0) is 25.0 Å². The van der Waals surface area contributed by atoms with Crippen LogP contribution in [0.5, 0.6) is 0 Å². The van der Waals surface area contributed by atoms with Gasteiger partial charge in [0.15, 0.2) is 9.84 Å². The predicted molar refractivity (Wildman–Crippen MR) is 65.6 cm³/mol. The van der Waals surface area contributed by atoms with Gasteiger partial charge < -0.3 is 4.90 Å². The number of anilines is 1. The van der Waals surface area contributed by atoms with Gasteiger partial charge in [0.05, 0.1) is 16.3 Å². The monoisotopic (exact) mass is 239 g/mol. The van der Waals surface area contributed by atoms with Crippen LogP contribution in [0.4, 0.5) is 5.69 Å². The summed E-state index contributed by atoms with van der Waals surface area (Å²) in [5, 5.41) is 0. The molecule has 0 radical (unpaired) electrons. The summed E-state index contributed by atoms with van der Waals surface area (Å²) < 4.78 is 23.9. The maximum absolute atomic E-state index is 12.0. The Morgan fingerprint density at radius 3 is 2.44 bits per heavy atom. The van der Waals surface area contributed by atoms with Crippen molar-refractivity contribution in [3.05, 3.63) is 24.3 Å². The number of rotatable bonds is 3. The third-order valence-electron chi connectivity index (χ3n) is 3.03. The minimum Gasteiger partial charge on any atom is -0.370 e. The van der Waals surface area contributed by atoms with E-state index in [0.29, 0.717) is 4.90 Å². The van der Waals surface area contributed by atoms with Crippen molar-refractivity contribution in [3.63, 3.8) is 0 Å². The van der Waals surface area contributed by atoms with Crippen LogP contribution in [0.3, 0.4) is 0 Å². The zero-order valence-corrected chi connectivity index (χ0v) is 10.3. The third kappa shape index (κ3) is 2.07. The summed E-state index contributed by atoms with van der Waals surface area (Å²) in [4.78, 5) is 2.65. The molecule has 1 aromatic carbocycles. The molecule has 16 heavy (non-hydrogen) atoms. The summed E-state index contributed by atoms with van der Waals surface area (Å²) in [6.07, 6.45) is 2.31. The van der Waals surface area contributed by atoms with Crippen molar-refractivity contribution in [3.8, 4) is 0 Å². The van der Waals surface area contributed by atoms with Crippen LogP contribution in [0, 0.1) is 0 Å². The predicted octanol–water partition coefficient (Wildman–Crippen LogP) is 2.08. The minimum absolute atomic E-state index is 0.165. The lowest BCUT2D eigenvalue weighted by molar-refractivity contribution is 0.597. The van der Waals surface area contributed by atoms with Crippen molar-refractivity contribution in [2.24, 2.45) is 0 Å². The number of benzene rings is 1. The topological polar surface area (TPSA) is 37.4 Å². The molecule has 2 rings (SSSR count). The second-order valence-corrected chi connectivity index (χ2v) is 6.31. The first kappa shape index (κ1) is 11.5. The molecule has 0 spiro atoms. The van der Waals surface area contributed by atoms with Crippen molar-refractivity contribution in [1.82, 2.24) is 0 Å². The lowest BCUT2D eigenvalue weighted by Gasteiger charge is -2.20. The molecule has 0 aliphatic carbocycles. The van der Waals surface area contributed by atoms with Crippen LogP contribution in [0.15, 0.2) is 29.2 Å². The Labute approximate surface area is 97.0 Å². The molecule has 0 unspecified atom stereocenters. The largest absolute Gasteiger partial charge is 0.370 e. The first-order chi connectivity index (χ1) is 7.65. The van der Waals surface area contributed by atoms with Crippen molar-refractivity contribution in [2.75, 3.05) is 23.7 Å². The van der Waals surface area contributed by atoms with Crippen LogP contribution >= 0.6 is 0 Å². The average Bonchev–Trinajstić information content (AvgIpc) is 2.82. The molecule has 1 aliphatic heterocycles. The van der Waals surface area contributed by atoms with Gasteiger partial charge in [0, 0.05) is 13.1 Å². The summed E-state index contributed by atoms with van der Waals surface area (Å²) in [6, 6.07) is 7.32. The Morgan fingerprint density at radius 1 is 1.19 bits per heavy atom. The Kier molecular flexibility index (Phi) is 3.19. The van der Waals surface area contributed by atoms with Gasteiger partial charge in [-0.2, -0.15) is 0 Å². The van der Waals surface area contributed by atoms with Gasteiger partial charge >= 0.3 is 0 Å². The first-order valence-electron chi connectivity index (χ1n) is 5.72. The number of nitrogens with zero attached hydrogens (tertiary/aromatic N) is 1. The summed E-state index contributed by atoms with van der Waals surface area (Å²) in [6.45, 7) is 3.63. The maximum Gasteiger partial charge on any atom is 0.180 e. The molecule has 1 saturated heterocycles. The van der Waals surface area contributed by atoms with E-state index in [1.54, 1.807) is 19.1 Å². The average molecular weight is 239 g/mol. The number of hydrogen-bond donors (Lipinski definition) is 0. The van der Waals surface area contributed by atoms with Crippen LogP contribution < -0.4 is 4.90 Å². The van der Waals surface area contributed by atoms with E-state index < -0.39 is 9.84 Å². The highest BCUT2D eigenvalue weighted by molar-refractivity contribution is 7.91. The second kappa shape index (κ2) is 4.45. The molecular formula is C12H17NO2S. The van der Waals surface area contributed by atoms with Gasteiger partial charge in [0.25, 0.3) is 0 Å². The van der Waals surface area contributed by atoms with Gasteiger partial charge in [0.1, 0.15) is 0 Å². The van der Waals surface area contributed by atoms with Gasteiger partial charge in [-0.25, -0.2) is 8.42 Å². The summed E-state index contributed by atoms with van der Waals surface area (Å²) in [5.41, 5.74) is 0.877. The van der Waals surface area contributed by atoms with Crippen molar-refractivity contribution in [1.29, 1.82) is 0 Å². The lowest BCUT2D eigenvalue weighted by Crippen LogP contribution is -2.20. The molecule has 0 saturated carbocycles. The normalized spacial score (nSPS) is 16.7. The fourth-order valence-electron chi connectivity index (χ4n) is 2.09. The SMILES string of the molecule is CCS(=O)(=O)c1ccccc1N1CCCC1. The van der Waals surface area contributed by atoms with E-state index in [4.69, 9.17) is 0 Å². The summed E-state index contributed by atoms with van der Waals surface area (Å²) >= 11 is 0.